The molecule has 0 radical (unpaired) electrons. The zero-order chi connectivity index (χ0) is 17.2. The Morgan fingerprint density at radius 1 is 1.21 bits per heavy atom. The fraction of sp³-hybridized carbons (Fsp3) is 0.474. The van der Waals surface area contributed by atoms with Gasteiger partial charge in [0.2, 0.25) is 0 Å². The van der Waals surface area contributed by atoms with Gasteiger partial charge in [-0.3, -0.25) is 5.10 Å². The van der Waals surface area contributed by atoms with Gasteiger partial charge in [0.25, 0.3) is 0 Å². The van der Waals surface area contributed by atoms with Crippen molar-refractivity contribution in [2.24, 2.45) is 0 Å². The first-order chi connectivity index (χ1) is 11.4. The standard InChI is InChI=1S/C19H25N3O2/c1-19(2,3)24-18(23)22-11-9-15(10-12-22)17-13-16(20-21-17)14-7-5-4-6-8-14/h4-8,13,15H,9-12H2,1-3H3,(H,20,21). The summed E-state index contributed by atoms with van der Waals surface area (Å²) < 4.78 is 5.45. The highest BCUT2D eigenvalue weighted by molar-refractivity contribution is 5.68. The Hall–Kier alpha value is -2.30. The number of benzene rings is 1. The molecule has 1 saturated heterocycles. The minimum absolute atomic E-state index is 0.212. The molecule has 0 saturated carbocycles. The van der Waals surface area contributed by atoms with Gasteiger partial charge in [0.15, 0.2) is 0 Å². The predicted molar refractivity (Wildman–Crippen MR) is 93.8 cm³/mol. The number of aromatic nitrogens is 2. The fourth-order valence-electron chi connectivity index (χ4n) is 3.00. The molecular weight excluding hydrogens is 302 g/mol. The van der Waals surface area contributed by atoms with Crippen molar-refractivity contribution in [2.75, 3.05) is 13.1 Å². The van der Waals surface area contributed by atoms with Crippen LogP contribution in [0, 0.1) is 0 Å². The molecule has 1 fully saturated rings. The van der Waals surface area contributed by atoms with E-state index in [2.05, 4.69) is 28.4 Å². The Kier molecular flexibility index (Phi) is 4.60. The third kappa shape index (κ3) is 3.96. The van der Waals surface area contributed by atoms with Crippen LogP contribution in [-0.4, -0.2) is 39.9 Å². The van der Waals surface area contributed by atoms with E-state index in [4.69, 9.17) is 4.74 Å². The lowest BCUT2D eigenvalue weighted by molar-refractivity contribution is 0.0204. The topological polar surface area (TPSA) is 58.2 Å². The smallest absolute Gasteiger partial charge is 0.410 e. The molecule has 1 amide bonds. The molecule has 1 N–H and O–H groups in total. The van der Waals surface area contributed by atoms with Gasteiger partial charge in [0, 0.05) is 30.3 Å². The molecule has 5 heteroatoms. The number of hydrogen-bond donors (Lipinski definition) is 1. The number of amides is 1. The van der Waals surface area contributed by atoms with E-state index < -0.39 is 5.60 Å². The summed E-state index contributed by atoms with van der Waals surface area (Å²) in [6, 6.07) is 12.3. The number of carbonyl (C=O) groups excluding carboxylic acids is 1. The van der Waals surface area contributed by atoms with Gasteiger partial charge in [-0.25, -0.2) is 4.79 Å². The van der Waals surface area contributed by atoms with E-state index in [1.54, 1.807) is 4.90 Å². The second-order valence-corrected chi connectivity index (χ2v) is 7.32. The number of carbonyl (C=O) groups is 1. The Morgan fingerprint density at radius 2 is 1.88 bits per heavy atom. The van der Waals surface area contributed by atoms with Crippen LogP contribution < -0.4 is 0 Å². The summed E-state index contributed by atoms with van der Waals surface area (Å²) >= 11 is 0. The van der Waals surface area contributed by atoms with Crippen LogP contribution in [0.1, 0.15) is 45.2 Å². The number of aromatic amines is 1. The molecule has 2 aromatic rings. The summed E-state index contributed by atoms with van der Waals surface area (Å²) in [5, 5.41) is 7.61. The lowest BCUT2D eigenvalue weighted by Gasteiger charge is -2.33. The van der Waals surface area contributed by atoms with Crippen LogP contribution in [0.3, 0.4) is 0 Å². The number of hydrogen-bond acceptors (Lipinski definition) is 3. The van der Waals surface area contributed by atoms with Crippen LogP contribution in [0.2, 0.25) is 0 Å². The van der Waals surface area contributed by atoms with Crippen molar-refractivity contribution in [1.29, 1.82) is 0 Å². The number of nitrogens with zero attached hydrogens (tertiary/aromatic N) is 2. The van der Waals surface area contributed by atoms with Crippen molar-refractivity contribution in [1.82, 2.24) is 15.1 Å². The van der Waals surface area contributed by atoms with E-state index in [9.17, 15) is 4.79 Å². The van der Waals surface area contributed by atoms with Crippen LogP contribution in [0.15, 0.2) is 36.4 Å². The molecule has 1 aromatic heterocycles. The summed E-state index contributed by atoms with van der Waals surface area (Å²) in [4.78, 5) is 13.9. The molecule has 0 unspecified atom stereocenters. The van der Waals surface area contributed by atoms with Crippen LogP contribution >= 0.6 is 0 Å². The van der Waals surface area contributed by atoms with E-state index in [1.807, 2.05) is 39.0 Å². The maximum absolute atomic E-state index is 12.1. The monoisotopic (exact) mass is 327 g/mol. The van der Waals surface area contributed by atoms with Gasteiger partial charge in [0.05, 0.1) is 5.69 Å². The number of H-pyrrole nitrogens is 1. The average molecular weight is 327 g/mol. The fourth-order valence-corrected chi connectivity index (χ4v) is 3.00. The van der Waals surface area contributed by atoms with Crippen molar-refractivity contribution in [3.8, 4) is 11.3 Å². The van der Waals surface area contributed by atoms with Gasteiger partial charge in [-0.05, 0) is 39.7 Å². The van der Waals surface area contributed by atoms with E-state index >= 15 is 0 Å². The van der Waals surface area contributed by atoms with Crippen LogP contribution in [-0.2, 0) is 4.74 Å². The molecule has 0 aliphatic carbocycles. The van der Waals surface area contributed by atoms with Crippen LogP contribution in [0.5, 0.6) is 0 Å². The van der Waals surface area contributed by atoms with Crippen molar-refractivity contribution in [3.05, 3.63) is 42.1 Å². The number of ether oxygens (including phenoxy) is 1. The molecule has 5 nitrogen and oxygen atoms in total. The Bertz CT molecular complexity index is 680. The largest absolute Gasteiger partial charge is 0.444 e. The first-order valence-corrected chi connectivity index (χ1v) is 8.51. The molecule has 0 bridgehead atoms. The van der Waals surface area contributed by atoms with Crippen LogP contribution in [0.25, 0.3) is 11.3 Å². The van der Waals surface area contributed by atoms with Gasteiger partial charge >= 0.3 is 6.09 Å². The molecule has 1 aliphatic rings. The lowest BCUT2D eigenvalue weighted by atomic mass is 9.93. The first-order valence-electron chi connectivity index (χ1n) is 8.51. The minimum Gasteiger partial charge on any atom is -0.444 e. The summed E-state index contributed by atoms with van der Waals surface area (Å²) in [7, 11) is 0. The van der Waals surface area contributed by atoms with E-state index in [0.717, 1.165) is 42.9 Å². The van der Waals surface area contributed by atoms with Crippen molar-refractivity contribution in [2.45, 2.75) is 45.1 Å². The molecule has 0 spiro atoms. The molecular formula is C19H25N3O2. The zero-order valence-electron chi connectivity index (χ0n) is 14.6. The summed E-state index contributed by atoms with van der Waals surface area (Å²) in [6.07, 6.45) is 1.64. The molecule has 1 aromatic carbocycles. The number of likely N-dealkylation sites (tertiary alicyclic amines) is 1. The minimum atomic E-state index is -0.443. The molecule has 2 heterocycles. The second-order valence-electron chi connectivity index (χ2n) is 7.32. The third-order valence-corrected chi connectivity index (χ3v) is 4.25. The third-order valence-electron chi connectivity index (χ3n) is 4.25. The van der Waals surface area contributed by atoms with Crippen molar-refractivity contribution < 1.29 is 9.53 Å². The molecule has 0 atom stereocenters. The van der Waals surface area contributed by atoms with E-state index in [-0.39, 0.29) is 6.09 Å². The normalized spacial score (nSPS) is 16.2. The number of rotatable bonds is 2. The van der Waals surface area contributed by atoms with Gasteiger partial charge in [-0.15, -0.1) is 0 Å². The Morgan fingerprint density at radius 3 is 2.50 bits per heavy atom. The number of nitrogens with one attached hydrogen (secondary N) is 1. The van der Waals surface area contributed by atoms with Crippen LogP contribution in [0.4, 0.5) is 4.79 Å². The Balaban J connectivity index is 1.59. The second kappa shape index (κ2) is 6.67. The van der Waals surface area contributed by atoms with Gasteiger partial charge in [-0.1, -0.05) is 30.3 Å². The first kappa shape index (κ1) is 16.6. The van der Waals surface area contributed by atoms with E-state index in [0.29, 0.717) is 5.92 Å². The van der Waals surface area contributed by atoms with Crippen molar-refractivity contribution in [3.63, 3.8) is 0 Å². The maximum atomic E-state index is 12.1. The highest BCUT2D eigenvalue weighted by Gasteiger charge is 2.28. The summed E-state index contributed by atoms with van der Waals surface area (Å²) in [6.45, 7) is 7.13. The lowest BCUT2D eigenvalue weighted by Crippen LogP contribution is -2.41. The molecule has 1 aliphatic heterocycles. The predicted octanol–water partition coefficient (Wildman–Crippen LogP) is 4.19. The van der Waals surface area contributed by atoms with E-state index in [1.165, 1.54) is 0 Å². The number of piperidine rings is 1. The van der Waals surface area contributed by atoms with Gasteiger partial charge in [-0.2, -0.15) is 5.10 Å². The summed E-state index contributed by atoms with van der Waals surface area (Å²) in [5.74, 6) is 0.411. The van der Waals surface area contributed by atoms with Gasteiger partial charge < -0.3 is 9.64 Å². The van der Waals surface area contributed by atoms with Gasteiger partial charge in [0.1, 0.15) is 5.60 Å². The Labute approximate surface area is 143 Å². The van der Waals surface area contributed by atoms with Crippen molar-refractivity contribution >= 4 is 6.09 Å². The molecule has 3 rings (SSSR count). The average Bonchev–Trinajstić information content (AvgIpc) is 3.04. The quantitative estimate of drug-likeness (QED) is 0.899. The zero-order valence-corrected chi connectivity index (χ0v) is 14.6. The highest BCUT2D eigenvalue weighted by Crippen LogP contribution is 2.29. The highest BCUT2D eigenvalue weighted by atomic mass is 16.6. The molecule has 128 valence electrons. The SMILES string of the molecule is CC(C)(C)OC(=O)N1CCC(c2cc(-c3ccccc3)n[nH]2)CC1. The maximum Gasteiger partial charge on any atom is 0.410 e. The molecule has 24 heavy (non-hydrogen) atoms. The summed E-state index contributed by atoms with van der Waals surface area (Å²) in [5.41, 5.74) is 2.80.